The van der Waals surface area contributed by atoms with Gasteiger partial charge in [0.1, 0.15) is 5.03 Å². The van der Waals surface area contributed by atoms with Crippen LogP contribution in [-0.4, -0.2) is 60.3 Å². The van der Waals surface area contributed by atoms with Gasteiger partial charge in [0.2, 0.25) is 0 Å². The van der Waals surface area contributed by atoms with Gasteiger partial charge in [-0.15, -0.1) is 11.8 Å². The van der Waals surface area contributed by atoms with Crippen LogP contribution in [-0.2, 0) is 0 Å². The molecule has 0 aliphatic carbocycles. The van der Waals surface area contributed by atoms with E-state index in [4.69, 9.17) is 0 Å². The second-order valence-electron chi connectivity index (χ2n) is 7.14. The molecule has 29 heavy (non-hydrogen) atoms. The summed E-state index contributed by atoms with van der Waals surface area (Å²) < 4.78 is 0. The van der Waals surface area contributed by atoms with Crippen LogP contribution in [0.1, 0.15) is 23.2 Å². The van der Waals surface area contributed by atoms with Crippen molar-refractivity contribution < 1.29 is 9.59 Å². The zero-order chi connectivity index (χ0) is 20.1. The summed E-state index contributed by atoms with van der Waals surface area (Å²) in [5.74, 6) is 0.726. The van der Waals surface area contributed by atoms with Crippen LogP contribution in [0.2, 0.25) is 0 Å². The Morgan fingerprint density at radius 3 is 2.66 bits per heavy atom. The minimum Gasteiger partial charge on any atom is -0.351 e. The van der Waals surface area contributed by atoms with Gasteiger partial charge < -0.3 is 15.5 Å². The lowest BCUT2D eigenvalue weighted by Gasteiger charge is -2.28. The van der Waals surface area contributed by atoms with Crippen molar-refractivity contribution in [2.45, 2.75) is 17.9 Å². The third-order valence-electron chi connectivity index (χ3n) is 5.15. The lowest BCUT2D eigenvalue weighted by molar-refractivity contribution is 0.0950. The molecule has 1 aromatic carbocycles. The molecule has 3 heterocycles. The van der Waals surface area contributed by atoms with E-state index in [0.717, 1.165) is 36.1 Å². The zero-order valence-corrected chi connectivity index (χ0v) is 17.1. The number of anilines is 2. The summed E-state index contributed by atoms with van der Waals surface area (Å²) >= 11 is 1.66. The molecule has 1 aromatic heterocycles. The summed E-state index contributed by atoms with van der Waals surface area (Å²) in [7, 11) is 0. The highest BCUT2D eigenvalue weighted by molar-refractivity contribution is 7.99. The molecule has 0 spiro atoms. The first-order valence-electron chi connectivity index (χ1n) is 9.98. The third-order valence-corrected chi connectivity index (χ3v) is 6.13. The van der Waals surface area contributed by atoms with Gasteiger partial charge in [0, 0.05) is 42.8 Å². The van der Waals surface area contributed by atoms with Crippen molar-refractivity contribution in [2.75, 3.05) is 48.7 Å². The van der Waals surface area contributed by atoms with E-state index in [-0.39, 0.29) is 11.9 Å². The Labute approximate surface area is 174 Å². The summed E-state index contributed by atoms with van der Waals surface area (Å²) in [6.45, 7) is 4.43. The molecule has 152 valence electrons. The van der Waals surface area contributed by atoms with Gasteiger partial charge in [-0.1, -0.05) is 0 Å². The van der Waals surface area contributed by atoms with Crippen molar-refractivity contribution in [3.63, 3.8) is 0 Å². The Balaban J connectivity index is 1.31. The maximum atomic E-state index is 12.7. The normalized spacial score (nSPS) is 16.3. The predicted octanol–water partition coefficient (Wildman–Crippen LogP) is 3.05. The number of rotatable bonds is 5. The average molecular weight is 412 g/mol. The van der Waals surface area contributed by atoms with Gasteiger partial charge in [-0.05, 0) is 62.3 Å². The molecule has 1 fully saturated rings. The molecular weight excluding hydrogens is 386 g/mol. The first kappa shape index (κ1) is 19.7. The second kappa shape index (κ2) is 9.28. The van der Waals surface area contributed by atoms with Crippen LogP contribution >= 0.6 is 11.8 Å². The number of aromatic nitrogens is 1. The zero-order valence-electron chi connectivity index (χ0n) is 16.3. The molecule has 0 radical (unpaired) electrons. The SMILES string of the molecule is O=C(NCCN1CCCC1)c1ccc(NC(=O)N2CCSc3ncccc32)cc1. The van der Waals surface area contributed by atoms with Crippen LogP contribution in [0.15, 0.2) is 47.6 Å². The largest absolute Gasteiger partial charge is 0.351 e. The average Bonchev–Trinajstić information content (AvgIpc) is 3.27. The standard InChI is InChI=1S/C21H25N5O2S/c27-19(22-10-13-25-11-1-2-12-25)16-5-7-17(8-6-16)24-21(28)26-14-15-29-20-18(26)4-3-9-23-20/h3-9H,1-2,10-15H2,(H,22,27)(H,24,28). The van der Waals surface area contributed by atoms with Crippen molar-refractivity contribution >= 4 is 35.1 Å². The van der Waals surface area contributed by atoms with Gasteiger partial charge in [-0.2, -0.15) is 0 Å². The summed E-state index contributed by atoms with van der Waals surface area (Å²) in [4.78, 5) is 33.4. The number of carbonyl (C=O) groups excluding carboxylic acids is 2. The third kappa shape index (κ3) is 4.89. The number of hydrogen-bond acceptors (Lipinski definition) is 5. The van der Waals surface area contributed by atoms with Gasteiger partial charge in [0.05, 0.1) is 5.69 Å². The molecule has 4 rings (SSSR count). The van der Waals surface area contributed by atoms with Crippen LogP contribution < -0.4 is 15.5 Å². The fourth-order valence-corrected chi connectivity index (χ4v) is 4.52. The Hall–Kier alpha value is -2.58. The number of nitrogens with one attached hydrogen (secondary N) is 2. The number of carbonyl (C=O) groups is 2. The number of urea groups is 1. The molecule has 0 bridgehead atoms. The molecule has 1 saturated heterocycles. The summed E-state index contributed by atoms with van der Waals surface area (Å²) in [6, 6.07) is 10.5. The first-order valence-corrected chi connectivity index (χ1v) is 11.0. The van der Waals surface area contributed by atoms with E-state index in [0.29, 0.717) is 24.3 Å². The fourth-order valence-electron chi connectivity index (χ4n) is 3.60. The van der Waals surface area contributed by atoms with Crippen LogP contribution in [0.4, 0.5) is 16.2 Å². The van der Waals surface area contributed by atoms with Gasteiger partial charge >= 0.3 is 6.03 Å². The van der Waals surface area contributed by atoms with Gasteiger partial charge in [-0.25, -0.2) is 9.78 Å². The van der Waals surface area contributed by atoms with Crippen LogP contribution in [0.5, 0.6) is 0 Å². The van der Waals surface area contributed by atoms with E-state index in [9.17, 15) is 9.59 Å². The molecule has 2 aliphatic rings. The number of likely N-dealkylation sites (tertiary alicyclic amines) is 1. The maximum Gasteiger partial charge on any atom is 0.326 e. The number of fused-ring (bicyclic) bond motifs is 1. The van der Waals surface area contributed by atoms with Crippen molar-refractivity contribution in [1.29, 1.82) is 0 Å². The van der Waals surface area contributed by atoms with E-state index in [1.807, 2.05) is 12.1 Å². The predicted molar refractivity (Wildman–Crippen MR) is 116 cm³/mol. The van der Waals surface area contributed by atoms with Gasteiger partial charge in [0.25, 0.3) is 5.91 Å². The van der Waals surface area contributed by atoms with E-state index >= 15 is 0 Å². The molecule has 8 heteroatoms. The van der Waals surface area contributed by atoms with E-state index < -0.39 is 0 Å². The molecule has 3 amide bonds. The number of thioether (sulfide) groups is 1. The van der Waals surface area contributed by atoms with Gasteiger partial charge in [0.15, 0.2) is 0 Å². The van der Waals surface area contributed by atoms with Crippen molar-refractivity contribution in [3.05, 3.63) is 48.2 Å². The first-order chi connectivity index (χ1) is 14.2. The molecule has 0 unspecified atom stereocenters. The van der Waals surface area contributed by atoms with Crippen LogP contribution in [0.3, 0.4) is 0 Å². The Morgan fingerprint density at radius 1 is 1.07 bits per heavy atom. The monoisotopic (exact) mass is 411 g/mol. The maximum absolute atomic E-state index is 12.7. The topological polar surface area (TPSA) is 77.6 Å². The Kier molecular flexibility index (Phi) is 6.31. The molecule has 2 aromatic rings. The lowest BCUT2D eigenvalue weighted by atomic mass is 10.2. The van der Waals surface area contributed by atoms with E-state index in [2.05, 4.69) is 20.5 Å². The van der Waals surface area contributed by atoms with Crippen LogP contribution in [0, 0.1) is 0 Å². The molecule has 2 aliphatic heterocycles. The highest BCUT2D eigenvalue weighted by Gasteiger charge is 2.23. The minimum absolute atomic E-state index is 0.0878. The highest BCUT2D eigenvalue weighted by Crippen LogP contribution is 2.32. The minimum atomic E-state index is -0.192. The molecule has 7 nitrogen and oxygen atoms in total. The Bertz CT molecular complexity index is 868. The summed E-state index contributed by atoms with van der Waals surface area (Å²) in [5, 5.41) is 6.74. The van der Waals surface area contributed by atoms with Crippen molar-refractivity contribution in [3.8, 4) is 0 Å². The molecule has 0 saturated carbocycles. The second-order valence-corrected chi connectivity index (χ2v) is 8.22. The summed E-state index contributed by atoms with van der Waals surface area (Å²) in [5.41, 5.74) is 2.08. The van der Waals surface area contributed by atoms with E-state index in [1.54, 1.807) is 47.1 Å². The fraction of sp³-hybridized carbons (Fsp3) is 0.381. The number of amides is 3. The highest BCUT2D eigenvalue weighted by atomic mass is 32.2. The number of nitrogens with zero attached hydrogens (tertiary/aromatic N) is 3. The molecule has 2 N–H and O–H groups in total. The van der Waals surface area contributed by atoms with E-state index in [1.165, 1.54) is 12.8 Å². The van der Waals surface area contributed by atoms with Crippen molar-refractivity contribution in [1.82, 2.24) is 15.2 Å². The lowest BCUT2D eigenvalue weighted by Crippen LogP contribution is -2.38. The van der Waals surface area contributed by atoms with Crippen molar-refractivity contribution in [2.24, 2.45) is 0 Å². The number of hydrogen-bond donors (Lipinski definition) is 2. The van der Waals surface area contributed by atoms with Gasteiger partial charge in [-0.3, -0.25) is 9.69 Å². The quantitative estimate of drug-likeness (QED) is 0.791. The summed E-state index contributed by atoms with van der Waals surface area (Å²) in [6.07, 6.45) is 4.24. The smallest absolute Gasteiger partial charge is 0.326 e. The van der Waals surface area contributed by atoms with Crippen LogP contribution in [0.25, 0.3) is 0 Å². The number of benzene rings is 1. The number of pyridine rings is 1. The molecule has 0 atom stereocenters. The Morgan fingerprint density at radius 2 is 1.86 bits per heavy atom. The molecular formula is C21H25N5O2S.